The minimum absolute atomic E-state index is 0.0332. The normalized spacial score (nSPS) is 12.7. The van der Waals surface area contributed by atoms with E-state index in [1.165, 1.54) is 0 Å². The predicted molar refractivity (Wildman–Crippen MR) is 142 cm³/mol. The zero-order valence-electron chi connectivity index (χ0n) is 21.6. The first-order valence-electron chi connectivity index (χ1n) is 11.8. The molecule has 0 saturated carbocycles. The molecule has 0 saturated heterocycles. The van der Waals surface area contributed by atoms with E-state index in [0.717, 1.165) is 5.69 Å². The van der Waals surface area contributed by atoms with Gasteiger partial charge in [-0.25, -0.2) is 9.67 Å². The molecule has 0 fully saturated rings. The largest absolute Gasteiger partial charge is 0.492 e. The third-order valence-corrected chi connectivity index (χ3v) is 5.59. The minimum atomic E-state index is -0.0332. The Morgan fingerprint density at radius 3 is 2.59 bits per heavy atom. The van der Waals surface area contributed by atoms with E-state index in [0.29, 0.717) is 59.8 Å². The predicted octanol–water partition coefficient (Wildman–Crippen LogP) is 3.57. The number of nitrogens with zero attached hydrogens (tertiary/aromatic N) is 5. The summed E-state index contributed by atoms with van der Waals surface area (Å²) < 4.78 is 18.1. The second-order valence-electron chi connectivity index (χ2n) is 8.21. The van der Waals surface area contributed by atoms with Crippen molar-refractivity contribution in [2.75, 3.05) is 50.1 Å². The Morgan fingerprint density at radius 2 is 1.89 bits per heavy atom. The Kier molecular flexibility index (Phi) is 8.11. The first-order valence-corrected chi connectivity index (χ1v) is 11.8. The van der Waals surface area contributed by atoms with Gasteiger partial charge in [0.25, 0.3) is 0 Å². The Balaban J connectivity index is 1.62. The van der Waals surface area contributed by atoms with E-state index < -0.39 is 0 Å². The molecule has 0 amide bonds. The number of rotatable bonds is 12. The summed E-state index contributed by atoms with van der Waals surface area (Å²) in [6, 6.07) is 9.29. The number of benzene rings is 1. The summed E-state index contributed by atoms with van der Waals surface area (Å²) in [5.74, 6) is 2.23. The van der Waals surface area contributed by atoms with Gasteiger partial charge in [-0.05, 0) is 12.1 Å². The van der Waals surface area contributed by atoms with Crippen molar-refractivity contribution < 1.29 is 19.0 Å². The molecule has 1 aromatic carbocycles. The number of hydrazine groups is 2. The van der Waals surface area contributed by atoms with E-state index in [2.05, 4.69) is 26.3 Å². The monoisotopic (exact) mass is 508 g/mol. The van der Waals surface area contributed by atoms with Crippen LogP contribution in [0.2, 0.25) is 0 Å². The molecule has 0 bridgehead atoms. The highest BCUT2D eigenvalue weighted by Gasteiger charge is 2.20. The highest BCUT2D eigenvalue weighted by molar-refractivity contribution is 6.02. The molecule has 37 heavy (non-hydrogen) atoms. The number of para-hydroxylation sites is 1. The number of Topliss-reactive ketones (excluding diaryl/α,β-unsaturated/α-hetero) is 1. The number of hydrogen-bond donors (Lipinski definition) is 3. The fraction of sp³-hybridized carbons (Fsp3) is 0.320. The summed E-state index contributed by atoms with van der Waals surface area (Å²) in [5, 5.41) is 14.7. The summed E-state index contributed by atoms with van der Waals surface area (Å²) in [4.78, 5) is 17.2. The number of aromatic nitrogens is 3. The van der Waals surface area contributed by atoms with Crippen molar-refractivity contribution in [2.45, 2.75) is 13.3 Å². The number of hydrogen-bond acceptors (Lipinski definition) is 11. The summed E-state index contributed by atoms with van der Waals surface area (Å²) in [6.45, 7) is 2.71. The number of aryl methyl sites for hydroxylation is 1. The van der Waals surface area contributed by atoms with E-state index in [-0.39, 0.29) is 5.78 Å². The lowest BCUT2D eigenvalue weighted by Crippen LogP contribution is -2.37. The number of ketones is 1. The molecular weight excluding hydrogens is 476 g/mol. The molecule has 0 unspecified atom stereocenters. The summed E-state index contributed by atoms with van der Waals surface area (Å²) in [5.41, 5.74) is 5.75. The fourth-order valence-corrected chi connectivity index (χ4v) is 3.76. The van der Waals surface area contributed by atoms with Crippen LogP contribution in [0.5, 0.6) is 11.6 Å². The van der Waals surface area contributed by atoms with Crippen LogP contribution in [0.1, 0.15) is 23.7 Å². The lowest BCUT2D eigenvalue weighted by Gasteiger charge is -2.23. The molecule has 2 aromatic heterocycles. The second kappa shape index (κ2) is 11.6. The van der Waals surface area contributed by atoms with Crippen molar-refractivity contribution in [3.8, 4) is 11.6 Å². The number of ether oxygens (including phenoxy) is 3. The van der Waals surface area contributed by atoms with Crippen molar-refractivity contribution in [3.05, 3.63) is 54.5 Å². The standard InChI is InChI=1S/C25H32N8O4/c1-6-21(34)17-16-26-22(28-23-15-24(32(3)29-23)37-13-12-35-4)14-19(17)27-18-8-7-9-20(25(18)36-5)33-11-10-31(2)30-33/h7-11,14-16,30H,6,12-13H2,1-5H3,(H2,26,27,28,29). The topological polar surface area (TPSA) is 118 Å². The summed E-state index contributed by atoms with van der Waals surface area (Å²) >= 11 is 0. The quantitative estimate of drug-likeness (QED) is 0.246. The Bertz CT molecular complexity index is 1280. The zero-order chi connectivity index (χ0) is 26.4. The maximum atomic E-state index is 12.7. The molecule has 0 spiro atoms. The molecule has 3 heterocycles. The zero-order valence-corrected chi connectivity index (χ0v) is 21.6. The average molecular weight is 509 g/mol. The van der Waals surface area contributed by atoms with Crippen LogP contribution in [0.4, 0.5) is 28.7 Å². The van der Waals surface area contributed by atoms with Crippen LogP contribution in [0.3, 0.4) is 0 Å². The van der Waals surface area contributed by atoms with Crippen LogP contribution in [-0.2, 0) is 11.8 Å². The Hall–Kier alpha value is -4.29. The molecular formula is C25H32N8O4. The third-order valence-electron chi connectivity index (χ3n) is 5.59. The molecule has 0 radical (unpaired) electrons. The first kappa shape index (κ1) is 25.8. The van der Waals surface area contributed by atoms with Gasteiger partial charge in [0.1, 0.15) is 18.1 Å². The summed E-state index contributed by atoms with van der Waals surface area (Å²) in [6.07, 6.45) is 5.69. The number of carbonyl (C=O) groups is 1. The van der Waals surface area contributed by atoms with Gasteiger partial charge in [-0.1, -0.05) is 13.0 Å². The SMILES string of the molecule is CCC(=O)c1cnc(Nc2cc(OCCOC)n(C)n2)cc1Nc1cccc(N2C=CN(C)N2)c1OC. The van der Waals surface area contributed by atoms with E-state index >= 15 is 0 Å². The van der Waals surface area contributed by atoms with Gasteiger partial charge in [-0.3, -0.25) is 14.8 Å². The van der Waals surface area contributed by atoms with Gasteiger partial charge in [-0.15, -0.1) is 5.53 Å². The van der Waals surface area contributed by atoms with Crippen LogP contribution >= 0.6 is 0 Å². The molecule has 1 aliphatic rings. The Morgan fingerprint density at radius 1 is 1.05 bits per heavy atom. The van der Waals surface area contributed by atoms with Gasteiger partial charge in [0.05, 0.1) is 30.7 Å². The van der Waals surface area contributed by atoms with Crippen molar-refractivity contribution in [1.29, 1.82) is 0 Å². The summed E-state index contributed by atoms with van der Waals surface area (Å²) in [7, 11) is 6.92. The Labute approximate surface area is 215 Å². The van der Waals surface area contributed by atoms with Crippen LogP contribution in [0.15, 0.2) is 48.9 Å². The molecule has 3 aromatic rings. The highest BCUT2D eigenvalue weighted by atomic mass is 16.5. The van der Waals surface area contributed by atoms with Crippen molar-refractivity contribution in [1.82, 2.24) is 25.3 Å². The third kappa shape index (κ3) is 5.93. The van der Waals surface area contributed by atoms with Gasteiger partial charge >= 0.3 is 0 Å². The van der Waals surface area contributed by atoms with Crippen LogP contribution < -0.4 is 30.7 Å². The van der Waals surface area contributed by atoms with E-state index in [9.17, 15) is 4.79 Å². The van der Waals surface area contributed by atoms with Crippen molar-refractivity contribution >= 4 is 34.5 Å². The minimum Gasteiger partial charge on any atom is -0.492 e. The van der Waals surface area contributed by atoms with Gasteiger partial charge in [0.2, 0.25) is 5.88 Å². The number of carbonyl (C=O) groups excluding carboxylic acids is 1. The fourth-order valence-electron chi connectivity index (χ4n) is 3.76. The van der Waals surface area contributed by atoms with Crippen molar-refractivity contribution in [3.63, 3.8) is 0 Å². The van der Waals surface area contributed by atoms with Gasteiger partial charge < -0.3 is 24.8 Å². The molecule has 0 aliphatic carbocycles. The highest BCUT2D eigenvalue weighted by Crippen LogP contribution is 2.38. The molecule has 196 valence electrons. The van der Waals surface area contributed by atoms with Crippen LogP contribution in [0, 0.1) is 0 Å². The van der Waals surface area contributed by atoms with Crippen LogP contribution in [-0.4, -0.2) is 60.0 Å². The molecule has 12 heteroatoms. The number of methoxy groups -OCH3 is 2. The average Bonchev–Trinajstić information content (AvgIpc) is 3.48. The molecule has 0 atom stereocenters. The van der Waals surface area contributed by atoms with E-state index in [4.69, 9.17) is 14.2 Å². The molecule has 4 rings (SSSR count). The van der Waals surface area contributed by atoms with E-state index in [1.807, 2.05) is 54.6 Å². The van der Waals surface area contributed by atoms with Crippen LogP contribution in [0.25, 0.3) is 0 Å². The molecule has 1 aliphatic heterocycles. The molecule has 3 N–H and O–H groups in total. The van der Waals surface area contributed by atoms with Crippen molar-refractivity contribution in [2.24, 2.45) is 7.05 Å². The van der Waals surface area contributed by atoms with Gasteiger partial charge in [0, 0.05) is 58.4 Å². The number of nitrogens with one attached hydrogen (secondary N) is 3. The maximum Gasteiger partial charge on any atom is 0.213 e. The second-order valence-corrected chi connectivity index (χ2v) is 8.21. The van der Waals surface area contributed by atoms with Gasteiger partial charge in [0.15, 0.2) is 17.4 Å². The lowest BCUT2D eigenvalue weighted by molar-refractivity contribution is 0.0988. The number of pyridine rings is 1. The molecule has 12 nitrogen and oxygen atoms in total. The smallest absolute Gasteiger partial charge is 0.213 e. The van der Waals surface area contributed by atoms with Gasteiger partial charge in [-0.2, -0.15) is 5.10 Å². The number of anilines is 5. The maximum absolute atomic E-state index is 12.7. The van der Waals surface area contributed by atoms with E-state index in [1.54, 1.807) is 44.3 Å². The first-order chi connectivity index (χ1) is 17.9. The lowest BCUT2D eigenvalue weighted by atomic mass is 10.1.